The first-order valence-corrected chi connectivity index (χ1v) is 12.1. The van der Waals surface area contributed by atoms with Gasteiger partial charge in [-0.3, -0.25) is 4.79 Å². The van der Waals surface area contributed by atoms with Gasteiger partial charge in [-0.2, -0.15) is 0 Å². The van der Waals surface area contributed by atoms with Gasteiger partial charge in [0.25, 0.3) is 0 Å². The van der Waals surface area contributed by atoms with E-state index in [1.165, 1.54) is 6.20 Å². The summed E-state index contributed by atoms with van der Waals surface area (Å²) < 4.78 is 26.8. The van der Waals surface area contributed by atoms with Crippen LogP contribution < -0.4 is 4.90 Å². The number of benzene rings is 3. The van der Waals surface area contributed by atoms with Gasteiger partial charge in [-0.25, -0.2) is 8.42 Å². The average molecular weight is 436 g/mol. The predicted molar refractivity (Wildman–Crippen MR) is 122 cm³/mol. The Morgan fingerprint density at radius 2 is 1.70 bits per heavy atom. The van der Waals surface area contributed by atoms with Gasteiger partial charge in [0.2, 0.25) is 15.6 Å². The highest BCUT2D eigenvalue weighted by Crippen LogP contribution is 2.41. The first-order chi connectivity index (χ1) is 14.3. The van der Waals surface area contributed by atoms with E-state index < -0.39 is 15.6 Å². The van der Waals surface area contributed by atoms with Crippen LogP contribution in [0.3, 0.4) is 0 Å². The fourth-order valence-corrected chi connectivity index (χ4v) is 5.60. The van der Waals surface area contributed by atoms with Crippen molar-refractivity contribution in [2.75, 3.05) is 11.2 Å². The molecule has 0 aliphatic carbocycles. The van der Waals surface area contributed by atoms with E-state index in [-0.39, 0.29) is 9.80 Å². The van der Waals surface area contributed by atoms with Crippen LogP contribution in [0.2, 0.25) is 0 Å². The van der Waals surface area contributed by atoms with Crippen LogP contribution in [0, 0.1) is 13.8 Å². The van der Waals surface area contributed by atoms with Crippen molar-refractivity contribution in [3.63, 3.8) is 0 Å². The van der Waals surface area contributed by atoms with Gasteiger partial charge in [0.15, 0.2) is 0 Å². The number of fused-ring (bicyclic) bond motifs is 1. The molecule has 3 aromatic rings. The normalized spacial score (nSPS) is 14.8. The van der Waals surface area contributed by atoms with Crippen molar-refractivity contribution in [3.05, 3.63) is 94.5 Å². The first kappa shape index (κ1) is 20.4. The quantitative estimate of drug-likeness (QED) is 0.390. The molecule has 0 unspecified atom stereocenters. The Hall–Kier alpha value is -2.83. The van der Waals surface area contributed by atoms with E-state index in [0.717, 1.165) is 21.7 Å². The van der Waals surface area contributed by atoms with Gasteiger partial charge >= 0.3 is 0 Å². The monoisotopic (exact) mass is 435 g/mol. The van der Waals surface area contributed by atoms with Gasteiger partial charge in [-0.1, -0.05) is 42.0 Å². The van der Waals surface area contributed by atoms with E-state index in [2.05, 4.69) is 0 Å². The number of thioether (sulfide) groups is 1. The number of carbonyl (C=O) groups excluding carboxylic acids is 1. The van der Waals surface area contributed by atoms with Crippen LogP contribution in [-0.4, -0.2) is 20.5 Å². The Morgan fingerprint density at radius 3 is 2.43 bits per heavy atom. The molecule has 0 bridgehead atoms. The molecule has 1 aliphatic rings. The number of para-hydroxylation sites is 1. The minimum absolute atomic E-state index is 0.134. The zero-order valence-electron chi connectivity index (χ0n) is 16.9. The van der Waals surface area contributed by atoms with Crippen LogP contribution in [0.4, 0.5) is 11.4 Å². The van der Waals surface area contributed by atoms with Crippen molar-refractivity contribution >= 4 is 38.8 Å². The van der Waals surface area contributed by atoms with E-state index in [1.807, 2.05) is 56.5 Å². The number of rotatable bonds is 4. The maximum Gasteiger partial charge on any atom is 0.214 e. The fourth-order valence-electron chi connectivity index (χ4n) is 3.61. The van der Waals surface area contributed by atoms with Crippen LogP contribution in [0.25, 0.3) is 0 Å². The maximum absolute atomic E-state index is 13.4. The number of nitrogens with zero attached hydrogens (tertiary/aromatic N) is 1. The molecule has 0 radical (unpaired) electrons. The number of ketones is 1. The second-order valence-corrected chi connectivity index (χ2v) is 9.95. The number of anilines is 2. The lowest BCUT2D eigenvalue weighted by atomic mass is 10.0. The molecule has 152 valence electrons. The second kappa shape index (κ2) is 7.78. The lowest BCUT2D eigenvalue weighted by Crippen LogP contribution is -2.26. The highest BCUT2D eigenvalue weighted by Gasteiger charge is 2.36. The number of allylic oxidation sites excluding steroid dienone is 1. The molecule has 4 rings (SSSR count). The third-order valence-corrected chi connectivity index (χ3v) is 7.65. The summed E-state index contributed by atoms with van der Waals surface area (Å²) in [5.41, 5.74) is 3.51. The summed E-state index contributed by atoms with van der Waals surface area (Å²) in [4.78, 5) is 16.1. The van der Waals surface area contributed by atoms with Crippen LogP contribution in [-0.2, 0) is 9.84 Å². The zero-order chi connectivity index (χ0) is 21.5. The number of aryl methyl sites for hydroxylation is 2. The molecule has 0 atom stereocenters. The maximum atomic E-state index is 13.4. The minimum Gasteiger partial charge on any atom is -0.314 e. The molecule has 0 saturated heterocycles. The van der Waals surface area contributed by atoms with Crippen molar-refractivity contribution in [2.24, 2.45) is 0 Å². The molecule has 0 fully saturated rings. The summed E-state index contributed by atoms with van der Waals surface area (Å²) in [6.45, 7) is 3.76. The van der Waals surface area contributed by atoms with E-state index >= 15 is 0 Å². The predicted octanol–water partition coefficient (Wildman–Crippen LogP) is 5.68. The Kier molecular flexibility index (Phi) is 5.30. The Balaban J connectivity index is 1.93. The van der Waals surface area contributed by atoms with Crippen LogP contribution in [0.1, 0.15) is 21.5 Å². The number of hydrogen-bond acceptors (Lipinski definition) is 5. The number of Topliss-reactive ketones (excluding diaryl/α,β-unsaturated/α-hetero) is 1. The van der Waals surface area contributed by atoms with E-state index in [4.69, 9.17) is 0 Å². The van der Waals surface area contributed by atoms with Gasteiger partial charge in [0.1, 0.15) is 4.91 Å². The van der Waals surface area contributed by atoms with E-state index in [1.54, 1.807) is 47.0 Å². The summed E-state index contributed by atoms with van der Waals surface area (Å²) in [6.07, 6.45) is 3.44. The summed E-state index contributed by atoms with van der Waals surface area (Å²) in [5, 5.41) is 0. The standard InChI is InChI=1S/C24H21NO3S2/c1-16-11-12-20(17(2)13-16)24(26)23-15-25(18-7-6-8-19(14-18)29-3)21-9-4-5-10-22(21)30(23,27)28/h4-15H,1-3H3. The highest BCUT2D eigenvalue weighted by molar-refractivity contribution is 7.98. The molecule has 0 saturated carbocycles. The van der Waals surface area contributed by atoms with E-state index in [0.29, 0.717) is 11.3 Å². The smallest absolute Gasteiger partial charge is 0.214 e. The highest BCUT2D eigenvalue weighted by atomic mass is 32.2. The third kappa shape index (κ3) is 3.46. The summed E-state index contributed by atoms with van der Waals surface area (Å²) in [7, 11) is -3.95. The summed E-state index contributed by atoms with van der Waals surface area (Å²) in [6, 6.07) is 20.0. The van der Waals surface area contributed by atoms with Crippen molar-refractivity contribution in [1.82, 2.24) is 0 Å². The second-order valence-electron chi connectivity index (χ2n) is 7.18. The third-order valence-electron chi connectivity index (χ3n) is 5.13. The summed E-state index contributed by atoms with van der Waals surface area (Å²) >= 11 is 1.60. The molecule has 0 aromatic heterocycles. The molecule has 30 heavy (non-hydrogen) atoms. The SMILES string of the molecule is CSc1cccc(N2C=C(C(=O)c3ccc(C)cc3C)S(=O)(=O)c3ccccc32)c1. The minimum atomic E-state index is -3.95. The molecule has 0 amide bonds. The fraction of sp³-hybridized carbons (Fsp3) is 0.125. The van der Waals surface area contributed by atoms with Crippen molar-refractivity contribution in [3.8, 4) is 0 Å². The molecule has 6 heteroatoms. The van der Waals surface area contributed by atoms with Crippen molar-refractivity contribution in [2.45, 2.75) is 23.6 Å². The lowest BCUT2D eigenvalue weighted by Gasteiger charge is -2.29. The Morgan fingerprint density at radius 1 is 0.933 bits per heavy atom. The topological polar surface area (TPSA) is 54.5 Å². The molecular weight excluding hydrogens is 414 g/mol. The molecular formula is C24H21NO3S2. The number of carbonyl (C=O) groups is 1. The summed E-state index contributed by atoms with van der Waals surface area (Å²) in [5.74, 6) is -0.493. The molecule has 3 aromatic carbocycles. The number of hydrogen-bond donors (Lipinski definition) is 0. The first-order valence-electron chi connectivity index (χ1n) is 9.44. The molecule has 1 aliphatic heterocycles. The van der Waals surface area contributed by atoms with Crippen LogP contribution in [0.15, 0.2) is 87.6 Å². The van der Waals surface area contributed by atoms with Crippen molar-refractivity contribution < 1.29 is 13.2 Å². The lowest BCUT2D eigenvalue weighted by molar-refractivity contribution is 0.104. The Labute approximate surface area is 181 Å². The van der Waals surface area contributed by atoms with Gasteiger partial charge < -0.3 is 4.90 Å². The molecule has 0 N–H and O–H groups in total. The van der Waals surface area contributed by atoms with Gasteiger partial charge in [-0.15, -0.1) is 11.8 Å². The van der Waals surface area contributed by atoms with Gasteiger partial charge in [-0.05, 0) is 56.0 Å². The largest absolute Gasteiger partial charge is 0.314 e. The van der Waals surface area contributed by atoms with Gasteiger partial charge in [0, 0.05) is 22.3 Å². The molecule has 4 nitrogen and oxygen atoms in total. The van der Waals surface area contributed by atoms with Crippen LogP contribution in [0.5, 0.6) is 0 Å². The Bertz CT molecular complexity index is 1290. The zero-order valence-corrected chi connectivity index (χ0v) is 18.5. The van der Waals surface area contributed by atoms with Gasteiger partial charge in [0.05, 0.1) is 10.6 Å². The van der Waals surface area contributed by atoms with E-state index in [9.17, 15) is 13.2 Å². The van der Waals surface area contributed by atoms with Crippen LogP contribution >= 0.6 is 11.8 Å². The molecule has 0 spiro atoms. The van der Waals surface area contributed by atoms with Crippen molar-refractivity contribution in [1.29, 1.82) is 0 Å². The molecule has 1 heterocycles. The average Bonchev–Trinajstić information content (AvgIpc) is 2.73. The number of sulfone groups is 1.